The van der Waals surface area contributed by atoms with Gasteiger partial charge in [-0.25, -0.2) is 9.97 Å². The number of hydrogen-bond acceptors (Lipinski definition) is 3. The average molecular weight is 616 g/mol. The first-order chi connectivity index (χ1) is 23.0. The molecule has 6 aromatic carbocycles. The van der Waals surface area contributed by atoms with E-state index in [1.165, 1.54) is 48.4 Å². The summed E-state index contributed by atoms with van der Waals surface area (Å²) in [6.45, 7) is 4.95. The van der Waals surface area contributed by atoms with Crippen molar-refractivity contribution in [3.63, 3.8) is 0 Å². The van der Waals surface area contributed by atoms with Crippen LogP contribution in [0, 0.1) is 0 Å². The van der Waals surface area contributed by atoms with Gasteiger partial charge in [0.2, 0.25) is 0 Å². The number of rotatable bonds is 2. The summed E-state index contributed by atoms with van der Waals surface area (Å²) >= 11 is 0. The Morgan fingerprint density at radius 2 is 1.06 bits per heavy atom. The van der Waals surface area contributed by atoms with Crippen LogP contribution in [0.2, 0.25) is 13.1 Å². The Balaban J connectivity index is 1.19. The maximum Gasteiger partial charge on any atom is 0.114 e. The van der Waals surface area contributed by atoms with Crippen LogP contribution < -0.4 is 10.4 Å². The number of aromatic nitrogens is 3. The van der Waals surface area contributed by atoms with Crippen LogP contribution in [-0.2, 0) is 0 Å². The fraction of sp³-hybridized carbons (Fsp3) is 0.0465. The third kappa shape index (κ3) is 3.82. The molecule has 0 saturated heterocycles. The van der Waals surface area contributed by atoms with Crippen molar-refractivity contribution in [1.29, 1.82) is 0 Å². The summed E-state index contributed by atoms with van der Waals surface area (Å²) in [5, 5.41) is 11.3. The Morgan fingerprint density at radius 1 is 0.447 bits per heavy atom. The first-order valence-electron chi connectivity index (χ1n) is 16.2. The first-order valence-corrected chi connectivity index (χ1v) is 19.2. The van der Waals surface area contributed by atoms with Gasteiger partial charge >= 0.3 is 0 Å². The molecule has 0 unspecified atom stereocenters. The molecule has 0 aliphatic carbocycles. The number of benzene rings is 6. The van der Waals surface area contributed by atoms with E-state index in [4.69, 9.17) is 15.0 Å². The zero-order valence-corrected chi connectivity index (χ0v) is 27.1. The van der Waals surface area contributed by atoms with Gasteiger partial charge < -0.3 is 0 Å². The summed E-state index contributed by atoms with van der Waals surface area (Å²) in [4.78, 5) is 15.3. The van der Waals surface area contributed by atoms with Gasteiger partial charge in [-0.05, 0) is 79.4 Å². The normalized spacial score (nSPS) is 13.5. The van der Waals surface area contributed by atoms with Gasteiger partial charge in [0.1, 0.15) is 8.07 Å². The van der Waals surface area contributed by atoms with E-state index >= 15 is 0 Å². The molecule has 1 aliphatic heterocycles. The molecule has 0 fully saturated rings. The highest BCUT2D eigenvalue weighted by Gasteiger charge is 2.38. The molecular weight excluding hydrogens is 587 g/mol. The second-order valence-electron chi connectivity index (χ2n) is 13.2. The van der Waals surface area contributed by atoms with Crippen molar-refractivity contribution >= 4 is 72.7 Å². The molecule has 3 nitrogen and oxygen atoms in total. The van der Waals surface area contributed by atoms with Gasteiger partial charge in [-0.3, -0.25) is 4.98 Å². The number of hydrogen-bond donors (Lipinski definition) is 0. The largest absolute Gasteiger partial charge is 0.254 e. The zero-order valence-electron chi connectivity index (χ0n) is 26.1. The van der Waals surface area contributed by atoms with E-state index < -0.39 is 8.07 Å². The fourth-order valence-electron chi connectivity index (χ4n) is 8.00. The first kappa shape index (κ1) is 26.5. The van der Waals surface area contributed by atoms with Crippen LogP contribution in [0.25, 0.3) is 87.9 Å². The Kier molecular flexibility index (Phi) is 5.44. The van der Waals surface area contributed by atoms with Gasteiger partial charge in [-0.15, -0.1) is 0 Å². The second kappa shape index (κ2) is 9.65. The van der Waals surface area contributed by atoms with Crippen molar-refractivity contribution in [3.05, 3.63) is 140 Å². The van der Waals surface area contributed by atoms with Crippen LogP contribution in [0.3, 0.4) is 0 Å². The lowest BCUT2D eigenvalue weighted by atomic mass is 9.92. The van der Waals surface area contributed by atoms with Crippen molar-refractivity contribution in [3.8, 4) is 33.6 Å². The highest BCUT2D eigenvalue weighted by Crippen LogP contribution is 2.39. The van der Waals surface area contributed by atoms with E-state index in [0.717, 1.165) is 49.8 Å². The predicted octanol–water partition coefficient (Wildman–Crippen LogP) is 9.77. The molecule has 1 aliphatic rings. The predicted molar refractivity (Wildman–Crippen MR) is 200 cm³/mol. The minimum absolute atomic E-state index is 0.927. The van der Waals surface area contributed by atoms with Gasteiger partial charge in [0.25, 0.3) is 0 Å². The topological polar surface area (TPSA) is 38.7 Å². The van der Waals surface area contributed by atoms with Crippen LogP contribution in [0.15, 0.2) is 140 Å². The van der Waals surface area contributed by atoms with E-state index in [1.807, 2.05) is 12.3 Å². The number of pyridine rings is 3. The van der Waals surface area contributed by atoms with E-state index in [9.17, 15) is 0 Å². The molecule has 220 valence electrons. The highest BCUT2D eigenvalue weighted by atomic mass is 28.3. The van der Waals surface area contributed by atoms with Crippen LogP contribution >= 0.6 is 0 Å². The Morgan fingerprint density at radius 3 is 1.85 bits per heavy atom. The van der Waals surface area contributed by atoms with Crippen LogP contribution in [0.1, 0.15) is 0 Å². The monoisotopic (exact) mass is 615 g/mol. The number of nitrogens with zero attached hydrogens (tertiary/aromatic N) is 3. The van der Waals surface area contributed by atoms with Crippen molar-refractivity contribution in [2.24, 2.45) is 0 Å². The summed E-state index contributed by atoms with van der Waals surface area (Å²) < 4.78 is 0. The minimum Gasteiger partial charge on any atom is -0.254 e. The average Bonchev–Trinajstić information content (AvgIpc) is 3.36. The molecule has 47 heavy (non-hydrogen) atoms. The lowest BCUT2D eigenvalue weighted by Gasteiger charge is -2.20. The SMILES string of the molecule is C[Si]1(C)c2ccccc2-c2ccc3nc(-c4ccc(-c5ccc6ccc7cccnc7c6n5)c5cc6ccccc6cc45)ccc3c21. The Hall–Kier alpha value is -5.71. The highest BCUT2D eigenvalue weighted by molar-refractivity contribution is 7.05. The molecule has 0 N–H and O–H groups in total. The van der Waals surface area contributed by atoms with E-state index in [1.54, 1.807) is 0 Å². The van der Waals surface area contributed by atoms with Crippen molar-refractivity contribution < 1.29 is 0 Å². The maximum absolute atomic E-state index is 5.36. The summed E-state index contributed by atoms with van der Waals surface area (Å²) in [5.41, 5.74) is 9.85. The fourth-order valence-corrected chi connectivity index (χ4v) is 11.5. The number of fused-ring (bicyclic) bond motifs is 10. The van der Waals surface area contributed by atoms with Gasteiger partial charge in [-0.1, -0.05) is 110 Å². The summed E-state index contributed by atoms with van der Waals surface area (Å²) in [5.74, 6) is 0. The lowest BCUT2D eigenvalue weighted by molar-refractivity contribution is 1.37. The molecular formula is C43H29N3Si. The van der Waals surface area contributed by atoms with Crippen molar-refractivity contribution in [1.82, 2.24) is 15.0 Å². The van der Waals surface area contributed by atoms with Crippen LogP contribution in [0.5, 0.6) is 0 Å². The molecule has 9 aromatic rings. The van der Waals surface area contributed by atoms with Crippen molar-refractivity contribution in [2.45, 2.75) is 13.1 Å². The smallest absolute Gasteiger partial charge is 0.114 e. The molecule has 10 rings (SSSR count). The second-order valence-corrected chi connectivity index (χ2v) is 17.5. The lowest BCUT2D eigenvalue weighted by Crippen LogP contribution is -2.49. The summed E-state index contributed by atoms with van der Waals surface area (Å²) in [6.07, 6.45) is 1.85. The van der Waals surface area contributed by atoms with Crippen molar-refractivity contribution in [2.75, 3.05) is 0 Å². The van der Waals surface area contributed by atoms with Gasteiger partial charge in [0.05, 0.1) is 27.9 Å². The van der Waals surface area contributed by atoms with Gasteiger partial charge in [-0.2, -0.15) is 0 Å². The molecule has 0 amide bonds. The summed E-state index contributed by atoms with van der Waals surface area (Å²) in [7, 11) is -1.85. The molecule has 0 saturated carbocycles. The molecule has 0 spiro atoms. The van der Waals surface area contributed by atoms with E-state index in [-0.39, 0.29) is 0 Å². The standard InChI is InChI=1S/C43H29N3Si/c1-47(2)40-12-6-5-11-32(40)33-18-21-39-34(43(33)47)19-22-37(45-39)30-16-17-31(36-25-29-9-4-3-8-28(29)24-35(30)36)38-20-15-27-14-13-26-10-7-23-44-41(26)42(27)46-38/h3-25H,1-2H3. The van der Waals surface area contributed by atoms with E-state index in [0.29, 0.717) is 0 Å². The molecule has 4 heteroatoms. The third-order valence-corrected chi connectivity index (χ3v) is 13.8. The third-order valence-electron chi connectivity index (χ3n) is 10.3. The zero-order chi connectivity index (χ0) is 31.3. The molecule has 0 radical (unpaired) electrons. The molecule has 0 bridgehead atoms. The summed E-state index contributed by atoms with van der Waals surface area (Å²) in [6, 6.07) is 48.3. The minimum atomic E-state index is -1.85. The maximum atomic E-state index is 5.36. The quantitative estimate of drug-likeness (QED) is 0.110. The van der Waals surface area contributed by atoms with Gasteiger partial charge in [0.15, 0.2) is 0 Å². The Bertz CT molecular complexity index is 2780. The molecule has 3 aromatic heterocycles. The Labute approximate surface area is 273 Å². The van der Waals surface area contributed by atoms with Crippen LogP contribution in [-0.4, -0.2) is 23.0 Å². The van der Waals surface area contributed by atoms with Gasteiger partial charge in [0, 0.05) is 33.5 Å². The van der Waals surface area contributed by atoms with Crippen LogP contribution in [0.4, 0.5) is 0 Å². The molecule has 4 heterocycles. The van der Waals surface area contributed by atoms with E-state index in [2.05, 4.69) is 140 Å². The molecule has 0 atom stereocenters.